The van der Waals surface area contributed by atoms with Gasteiger partial charge in [0.1, 0.15) is 14.5 Å². The van der Waals surface area contributed by atoms with Crippen molar-refractivity contribution in [1.29, 1.82) is 0 Å². The monoisotopic (exact) mass is 768 g/mol. The number of fused-ring (bicyclic) bond motifs is 3. The Labute approximate surface area is 314 Å². The van der Waals surface area contributed by atoms with Crippen LogP contribution in [-0.4, -0.2) is 102 Å². The van der Waals surface area contributed by atoms with E-state index in [9.17, 15) is 14.4 Å². The molecule has 17 heteroatoms. The summed E-state index contributed by atoms with van der Waals surface area (Å²) in [6.45, 7) is 20.8. The van der Waals surface area contributed by atoms with Crippen LogP contribution in [0.25, 0.3) is 30.6 Å². The number of nitrogens with one attached hydrogen (secondary N) is 3. The zero-order chi connectivity index (χ0) is 37.5. The Bertz CT molecular complexity index is 2190. The minimum Gasteiger partial charge on any atom is -0.400 e. The van der Waals surface area contributed by atoms with Crippen molar-refractivity contribution < 1.29 is 5.11 Å². The molecule has 2 fully saturated rings. The molecule has 6 aromatic heterocycles. The first kappa shape index (κ1) is 39.5. The maximum absolute atomic E-state index is 12.9. The van der Waals surface area contributed by atoms with Crippen molar-refractivity contribution in [3.63, 3.8) is 0 Å². The molecule has 8 rings (SSSR count). The van der Waals surface area contributed by atoms with Crippen LogP contribution in [-0.2, 0) is 13.3 Å². The SMILES string of the molecule is C1CNCCN1.CO.Cc1cc(C)c2c(=O)[nH]sc2n1.Cc1cc(C)c2c(=O)n(CN3CCN(Cn4sc5nc(C)cc(C)c5c4=O)CC3)sc2n1. The molecule has 0 atom stereocenters. The van der Waals surface area contributed by atoms with Crippen LogP contribution in [0.15, 0.2) is 32.6 Å². The predicted octanol–water partition coefficient (Wildman–Crippen LogP) is 3.09. The van der Waals surface area contributed by atoms with Crippen LogP contribution in [0.4, 0.5) is 0 Å². The van der Waals surface area contributed by atoms with Gasteiger partial charge in [0.2, 0.25) is 0 Å². The van der Waals surface area contributed by atoms with Crippen LogP contribution >= 0.6 is 34.6 Å². The molecular formula is C35H48N10O4S3. The van der Waals surface area contributed by atoms with Gasteiger partial charge in [-0.25, -0.2) is 22.9 Å². The molecule has 0 aliphatic carbocycles. The van der Waals surface area contributed by atoms with Crippen LogP contribution in [0.3, 0.4) is 0 Å². The fraction of sp³-hybridized carbons (Fsp3) is 0.486. The van der Waals surface area contributed by atoms with Gasteiger partial charge in [0.05, 0.1) is 29.5 Å². The lowest BCUT2D eigenvalue weighted by Crippen LogP contribution is -2.48. The number of aryl methyl sites for hydroxylation is 6. The highest BCUT2D eigenvalue weighted by Gasteiger charge is 2.21. The molecule has 8 heterocycles. The van der Waals surface area contributed by atoms with Crippen molar-refractivity contribution in [2.45, 2.75) is 54.9 Å². The molecule has 0 radical (unpaired) electrons. The zero-order valence-electron chi connectivity index (χ0n) is 30.8. The summed E-state index contributed by atoms with van der Waals surface area (Å²) in [5, 5.41) is 15.6. The first-order chi connectivity index (χ1) is 25.0. The summed E-state index contributed by atoms with van der Waals surface area (Å²) in [5.41, 5.74) is 5.88. The highest BCUT2D eigenvalue weighted by Crippen LogP contribution is 2.21. The quantitative estimate of drug-likeness (QED) is 0.208. The Hall–Kier alpha value is -3.68. The van der Waals surface area contributed by atoms with Crippen molar-refractivity contribution in [3.05, 3.63) is 83.0 Å². The lowest BCUT2D eigenvalue weighted by molar-refractivity contribution is 0.0913. The average Bonchev–Trinajstić information content (AvgIpc) is 3.75. The van der Waals surface area contributed by atoms with Gasteiger partial charge in [0.25, 0.3) is 16.7 Å². The van der Waals surface area contributed by atoms with Gasteiger partial charge in [0.15, 0.2) is 0 Å². The van der Waals surface area contributed by atoms with Gasteiger partial charge in [-0.2, -0.15) is 0 Å². The van der Waals surface area contributed by atoms with Crippen LogP contribution in [0, 0.1) is 41.5 Å². The van der Waals surface area contributed by atoms with Crippen molar-refractivity contribution in [1.82, 2.24) is 47.7 Å². The maximum Gasteiger partial charge on any atom is 0.271 e. The Balaban J connectivity index is 0.000000212. The highest BCUT2D eigenvalue weighted by atomic mass is 32.1. The van der Waals surface area contributed by atoms with Gasteiger partial charge in [0, 0.05) is 76.5 Å². The normalized spacial score (nSPS) is 15.2. The largest absolute Gasteiger partial charge is 0.400 e. The molecule has 2 saturated heterocycles. The zero-order valence-corrected chi connectivity index (χ0v) is 33.3. The number of H-pyrrole nitrogens is 1. The van der Waals surface area contributed by atoms with Crippen LogP contribution in [0.2, 0.25) is 0 Å². The smallest absolute Gasteiger partial charge is 0.271 e. The molecule has 0 saturated carbocycles. The van der Waals surface area contributed by atoms with Crippen molar-refractivity contribution >= 4 is 65.2 Å². The summed E-state index contributed by atoms with van der Waals surface area (Å²) >= 11 is 4.18. The van der Waals surface area contributed by atoms with Gasteiger partial charge >= 0.3 is 0 Å². The fourth-order valence-electron chi connectivity index (χ4n) is 6.32. The van der Waals surface area contributed by atoms with Gasteiger partial charge in [-0.3, -0.25) is 28.6 Å². The number of rotatable bonds is 4. The number of aromatic amines is 1. The topological polar surface area (TPSA) is 166 Å². The van der Waals surface area contributed by atoms with Crippen LogP contribution < -0.4 is 27.3 Å². The molecule has 0 amide bonds. The minimum absolute atomic E-state index is 0.0278. The van der Waals surface area contributed by atoms with E-state index in [1.54, 1.807) is 0 Å². The molecule has 2 aliphatic heterocycles. The average molecular weight is 769 g/mol. The summed E-state index contributed by atoms with van der Waals surface area (Å²) in [6, 6.07) is 5.85. The van der Waals surface area contributed by atoms with E-state index in [1.165, 1.54) is 34.6 Å². The van der Waals surface area contributed by atoms with E-state index in [1.807, 2.05) is 67.7 Å². The first-order valence-electron chi connectivity index (χ1n) is 17.2. The molecule has 14 nitrogen and oxygen atoms in total. The first-order valence-corrected chi connectivity index (χ1v) is 19.6. The Morgan fingerprint density at radius 2 is 0.962 bits per heavy atom. The van der Waals surface area contributed by atoms with E-state index in [4.69, 9.17) is 5.11 Å². The van der Waals surface area contributed by atoms with Crippen LogP contribution in [0.5, 0.6) is 0 Å². The fourth-order valence-corrected chi connectivity index (χ4v) is 9.42. The van der Waals surface area contributed by atoms with Gasteiger partial charge in [-0.05, 0) is 111 Å². The number of aromatic nitrogens is 6. The molecular weight excluding hydrogens is 721 g/mol. The van der Waals surface area contributed by atoms with Crippen molar-refractivity contribution in [3.8, 4) is 0 Å². The highest BCUT2D eigenvalue weighted by molar-refractivity contribution is 7.13. The second kappa shape index (κ2) is 17.9. The lowest BCUT2D eigenvalue weighted by atomic mass is 10.2. The van der Waals surface area contributed by atoms with E-state index >= 15 is 0 Å². The number of aliphatic hydroxyl groups is 1. The van der Waals surface area contributed by atoms with Crippen LogP contribution in [0.1, 0.15) is 33.8 Å². The third-order valence-corrected chi connectivity index (χ3v) is 11.5. The van der Waals surface area contributed by atoms with E-state index in [0.29, 0.717) is 13.3 Å². The lowest BCUT2D eigenvalue weighted by Gasteiger charge is -2.34. The number of hydrogen-bond donors (Lipinski definition) is 4. The molecule has 4 N–H and O–H groups in total. The molecule has 2 aliphatic rings. The van der Waals surface area contributed by atoms with Gasteiger partial charge in [-0.15, -0.1) is 0 Å². The van der Waals surface area contributed by atoms with Gasteiger partial charge in [-0.1, -0.05) is 0 Å². The molecule has 0 spiro atoms. The van der Waals surface area contributed by atoms with Crippen molar-refractivity contribution in [2.75, 3.05) is 59.5 Å². The Morgan fingerprint density at radius 1 is 0.596 bits per heavy atom. The van der Waals surface area contributed by atoms with E-state index in [2.05, 4.69) is 39.8 Å². The number of nitrogens with zero attached hydrogens (tertiary/aromatic N) is 7. The summed E-state index contributed by atoms with van der Waals surface area (Å²) in [5.74, 6) is 0. The van der Waals surface area contributed by atoms with E-state index < -0.39 is 0 Å². The third-order valence-electron chi connectivity index (χ3n) is 8.75. The summed E-state index contributed by atoms with van der Waals surface area (Å²) in [7, 11) is 1.00. The number of piperazine rings is 2. The molecule has 0 bridgehead atoms. The van der Waals surface area contributed by atoms with Crippen molar-refractivity contribution in [2.24, 2.45) is 0 Å². The standard InChI is InChI=1S/C22H26N6O2S2.C8H8N2OS.C4H10N2.CH4O/c1-13-9-15(3)23-19-17(13)21(29)27(31-19)11-25-5-7-26(8-6-25)12-28-22(30)18-14(2)10-16(4)24-20(18)32-28;1-4-3-5(2)9-8-6(4)7(11)10-12-8;1-2-6-4-3-5-1;1-2/h9-10H,5-8,11-12H2,1-4H3;3H,1-2H3,(H,10,11);5-6H,1-4H2;2H,1H3. The minimum atomic E-state index is -0.0278. The van der Waals surface area contributed by atoms with E-state index in [-0.39, 0.29) is 16.7 Å². The van der Waals surface area contributed by atoms with E-state index in [0.717, 1.165) is 124 Å². The number of pyridine rings is 3. The second-order valence-corrected chi connectivity index (χ2v) is 15.7. The number of hydrogen-bond acceptors (Lipinski definition) is 14. The summed E-state index contributed by atoms with van der Waals surface area (Å²) in [4.78, 5) is 57.3. The second-order valence-electron chi connectivity index (χ2n) is 12.9. The summed E-state index contributed by atoms with van der Waals surface area (Å²) < 4.78 is 6.29. The maximum atomic E-state index is 12.9. The van der Waals surface area contributed by atoms with Gasteiger partial charge < -0.3 is 15.7 Å². The molecule has 0 unspecified atom stereocenters. The predicted molar refractivity (Wildman–Crippen MR) is 213 cm³/mol. The summed E-state index contributed by atoms with van der Waals surface area (Å²) in [6.07, 6.45) is 0. The third kappa shape index (κ3) is 9.27. The molecule has 280 valence electrons. The molecule has 0 aromatic carbocycles. The molecule has 52 heavy (non-hydrogen) atoms. The Kier molecular flexibility index (Phi) is 13.6. The number of aliphatic hydroxyl groups excluding tert-OH is 1. The Morgan fingerprint density at radius 3 is 1.35 bits per heavy atom. The molecule has 6 aromatic rings.